The van der Waals surface area contributed by atoms with Crippen molar-refractivity contribution in [3.63, 3.8) is 0 Å². The Morgan fingerprint density at radius 2 is 1.74 bits per heavy atom. The third-order valence-corrected chi connectivity index (χ3v) is 5.79. The van der Waals surface area contributed by atoms with Gasteiger partial charge in [0.05, 0.1) is 17.7 Å². The molecule has 8 heteroatoms. The molecule has 1 saturated heterocycles. The second-order valence-corrected chi connectivity index (χ2v) is 8.58. The van der Waals surface area contributed by atoms with Crippen LogP contribution in [0.5, 0.6) is 0 Å². The second-order valence-electron chi connectivity index (χ2n) is 6.09. The number of carbonyl (C=O) groups is 2. The van der Waals surface area contributed by atoms with Crippen LogP contribution in [-0.2, 0) is 21.4 Å². The minimum atomic E-state index is -3.65. The van der Waals surface area contributed by atoms with Crippen molar-refractivity contribution in [1.82, 2.24) is 4.90 Å². The lowest BCUT2D eigenvalue weighted by Crippen LogP contribution is -2.27. The molecule has 2 aromatic carbocycles. The molecule has 0 radical (unpaired) electrons. The molecule has 0 bridgehead atoms. The van der Waals surface area contributed by atoms with Crippen molar-refractivity contribution < 1.29 is 18.0 Å². The zero-order valence-corrected chi connectivity index (χ0v) is 16.2. The van der Waals surface area contributed by atoms with Gasteiger partial charge in [-0.05, 0) is 36.3 Å². The number of hydrogen-bond acceptors (Lipinski definition) is 5. The highest BCUT2D eigenvalue weighted by atomic mass is 32.2. The Morgan fingerprint density at radius 1 is 1.07 bits per heavy atom. The summed E-state index contributed by atoms with van der Waals surface area (Å²) >= 11 is 0.986. The number of aryl methyl sites for hydroxylation is 1. The molecule has 0 spiro atoms. The van der Waals surface area contributed by atoms with Crippen molar-refractivity contribution >= 4 is 44.7 Å². The molecule has 0 aromatic heterocycles. The number of carbonyl (C=O) groups excluding carboxylic acids is 2. The first kappa shape index (κ1) is 19.2. The maximum Gasteiger partial charge on any atom is 0.289 e. The molecule has 1 aliphatic rings. The fourth-order valence-electron chi connectivity index (χ4n) is 2.44. The first-order chi connectivity index (χ1) is 12.8. The highest BCUT2D eigenvalue weighted by Gasteiger charge is 2.29. The molecule has 0 unspecified atom stereocenters. The zero-order valence-electron chi connectivity index (χ0n) is 14.6. The van der Waals surface area contributed by atoms with Crippen LogP contribution >= 0.6 is 11.8 Å². The van der Waals surface area contributed by atoms with Gasteiger partial charge >= 0.3 is 0 Å². The number of thioether (sulfide) groups is 1. The van der Waals surface area contributed by atoms with Gasteiger partial charge in [0.15, 0.2) is 0 Å². The average Bonchev–Trinajstić information content (AvgIpc) is 2.95. The molecule has 0 saturated carbocycles. The lowest BCUT2D eigenvalue weighted by molar-refractivity contribution is -0.125. The third kappa shape index (κ3) is 5.21. The maximum absolute atomic E-state index is 12.2. The number of imide groups is 1. The van der Waals surface area contributed by atoms with E-state index in [0.717, 1.165) is 33.9 Å². The highest BCUT2D eigenvalue weighted by Crippen LogP contribution is 2.22. The first-order valence-electron chi connectivity index (χ1n) is 8.16. The Bertz CT molecular complexity index is 965. The summed E-state index contributed by atoms with van der Waals surface area (Å²) in [6, 6.07) is 14.1. The Morgan fingerprint density at radius 3 is 2.33 bits per heavy atom. The van der Waals surface area contributed by atoms with E-state index >= 15 is 0 Å². The summed E-state index contributed by atoms with van der Waals surface area (Å²) in [6.07, 6.45) is 1.53. The van der Waals surface area contributed by atoms with Crippen LogP contribution in [0.4, 0.5) is 10.5 Å². The topological polar surface area (TPSA) is 83.6 Å². The van der Waals surface area contributed by atoms with Gasteiger partial charge in [-0.2, -0.15) is 0 Å². The predicted molar refractivity (Wildman–Crippen MR) is 108 cm³/mol. The van der Waals surface area contributed by atoms with E-state index in [2.05, 4.69) is 4.72 Å². The molecule has 27 heavy (non-hydrogen) atoms. The van der Waals surface area contributed by atoms with Gasteiger partial charge in [0.1, 0.15) is 0 Å². The fraction of sp³-hybridized carbons (Fsp3) is 0.158. The van der Waals surface area contributed by atoms with Crippen LogP contribution in [0.1, 0.15) is 16.7 Å². The molecule has 140 valence electrons. The van der Waals surface area contributed by atoms with E-state index in [1.165, 1.54) is 11.0 Å². The van der Waals surface area contributed by atoms with Gasteiger partial charge < -0.3 is 0 Å². The number of nitrogens with zero attached hydrogens (tertiary/aromatic N) is 1. The van der Waals surface area contributed by atoms with E-state index in [4.69, 9.17) is 0 Å². The van der Waals surface area contributed by atoms with Gasteiger partial charge in [0.2, 0.25) is 5.91 Å². The second kappa shape index (κ2) is 7.98. The standard InChI is InChI=1S/C19H18N2O4S2/c1-14-2-4-15(5-3-14)10-11-27(24,25)20-17-8-6-16(7-9-17)12-21-18(22)13-26-19(21)23/h2-11,20H,12-13H2,1H3/b11-10+. The Kier molecular flexibility index (Phi) is 5.67. The van der Waals surface area contributed by atoms with E-state index in [9.17, 15) is 18.0 Å². The van der Waals surface area contributed by atoms with Crippen LogP contribution in [0.2, 0.25) is 0 Å². The van der Waals surface area contributed by atoms with E-state index in [1.54, 1.807) is 24.3 Å². The number of hydrogen-bond donors (Lipinski definition) is 1. The predicted octanol–water partition coefficient (Wildman–Crippen LogP) is 3.60. The monoisotopic (exact) mass is 402 g/mol. The van der Waals surface area contributed by atoms with Crippen molar-refractivity contribution in [3.8, 4) is 0 Å². The number of rotatable bonds is 6. The normalized spacial score (nSPS) is 14.9. The van der Waals surface area contributed by atoms with Crippen LogP contribution in [0.25, 0.3) is 6.08 Å². The molecular weight excluding hydrogens is 384 g/mol. The summed E-state index contributed by atoms with van der Waals surface area (Å²) in [5.41, 5.74) is 3.04. The molecule has 1 N–H and O–H groups in total. The highest BCUT2D eigenvalue weighted by molar-refractivity contribution is 8.14. The maximum atomic E-state index is 12.2. The molecule has 0 aliphatic carbocycles. The van der Waals surface area contributed by atoms with Gasteiger partial charge in [-0.25, -0.2) is 8.42 Å². The molecule has 2 amide bonds. The van der Waals surface area contributed by atoms with Crippen molar-refractivity contribution in [2.45, 2.75) is 13.5 Å². The van der Waals surface area contributed by atoms with Gasteiger partial charge in [0, 0.05) is 5.69 Å². The van der Waals surface area contributed by atoms with Crippen molar-refractivity contribution in [2.75, 3.05) is 10.5 Å². The summed E-state index contributed by atoms with van der Waals surface area (Å²) < 4.78 is 26.9. The van der Waals surface area contributed by atoms with Gasteiger partial charge in [-0.15, -0.1) is 0 Å². The molecule has 3 rings (SSSR count). The SMILES string of the molecule is Cc1ccc(/C=C/S(=O)(=O)Nc2ccc(CN3C(=O)CSC3=O)cc2)cc1. The van der Waals surface area contributed by atoms with Crippen molar-refractivity contribution in [2.24, 2.45) is 0 Å². The van der Waals surface area contributed by atoms with Crippen molar-refractivity contribution in [3.05, 3.63) is 70.6 Å². The quantitative estimate of drug-likeness (QED) is 0.798. The van der Waals surface area contributed by atoms with E-state index in [0.29, 0.717) is 5.69 Å². The van der Waals surface area contributed by atoms with Crippen LogP contribution in [0, 0.1) is 6.92 Å². The summed E-state index contributed by atoms with van der Waals surface area (Å²) in [7, 11) is -3.65. The Balaban J connectivity index is 1.64. The first-order valence-corrected chi connectivity index (χ1v) is 10.7. The van der Waals surface area contributed by atoms with E-state index in [1.807, 2.05) is 31.2 Å². The lowest BCUT2D eigenvalue weighted by atomic mass is 10.2. The van der Waals surface area contributed by atoms with Gasteiger partial charge in [-0.3, -0.25) is 19.2 Å². The molecule has 6 nitrogen and oxygen atoms in total. The largest absolute Gasteiger partial charge is 0.289 e. The summed E-state index contributed by atoms with van der Waals surface area (Å²) in [5, 5.41) is 0.857. The Hall–Kier alpha value is -2.58. The number of anilines is 1. The third-order valence-electron chi connectivity index (χ3n) is 3.91. The fourth-order valence-corrected chi connectivity index (χ4v) is 4.03. The molecule has 0 atom stereocenters. The van der Waals surface area contributed by atoms with Gasteiger partial charge in [0.25, 0.3) is 15.3 Å². The minimum absolute atomic E-state index is 0.171. The number of nitrogens with one attached hydrogen (secondary N) is 1. The molecule has 1 fully saturated rings. The smallest absolute Gasteiger partial charge is 0.280 e. The van der Waals surface area contributed by atoms with Crippen LogP contribution in [0.15, 0.2) is 53.9 Å². The van der Waals surface area contributed by atoms with Crippen LogP contribution in [0.3, 0.4) is 0 Å². The molecule has 1 aliphatic heterocycles. The number of benzene rings is 2. The van der Waals surface area contributed by atoms with Crippen LogP contribution < -0.4 is 4.72 Å². The van der Waals surface area contributed by atoms with E-state index in [-0.39, 0.29) is 23.4 Å². The lowest BCUT2D eigenvalue weighted by Gasteiger charge is -2.13. The average molecular weight is 402 g/mol. The number of sulfonamides is 1. The zero-order chi connectivity index (χ0) is 19.4. The summed E-state index contributed by atoms with van der Waals surface area (Å²) in [4.78, 5) is 24.4. The van der Waals surface area contributed by atoms with Gasteiger partial charge in [-0.1, -0.05) is 53.7 Å². The summed E-state index contributed by atoms with van der Waals surface area (Å²) in [5.74, 6) is -0.0413. The minimum Gasteiger partial charge on any atom is -0.280 e. The molecule has 2 aromatic rings. The molecular formula is C19H18N2O4S2. The van der Waals surface area contributed by atoms with Crippen molar-refractivity contribution in [1.29, 1.82) is 0 Å². The summed E-state index contributed by atoms with van der Waals surface area (Å²) in [6.45, 7) is 2.15. The number of amides is 2. The Labute approximate surface area is 162 Å². The van der Waals surface area contributed by atoms with Crippen LogP contribution in [-0.4, -0.2) is 30.2 Å². The molecule has 1 heterocycles. The van der Waals surface area contributed by atoms with E-state index < -0.39 is 10.0 Å².